The first-order valence-corrected chi connectivity index (χ1v) is 8.17. The lowest BCUT2D eigenvalue weighted by atomic mass is 9.72. The minimum Gasteiger partial charge on any atom is -0.365 e. The van der Waals surface area contributed by atoms with Gasteiger partial charge < -0.3 is 11.1 Å². The normalized spacial score (nSPS) is 22.7. The maximum absolute atomic E-state index is 13.1. The first-order chi connectivity index (χ1) is 12.3. The summed E-state index contributed by atoms with van der Waals surface area (Å²) < 4.78 is 14.5. The van der Waals surface area contributed by atoms with E-state index in [1.807, 2.05) is 0 Å². The van der Waals surface area contributed by atoms with Gasteiger partial charge in [-0.2, -0.15) is 10.4 Å². The molecule has 3 rings (SSSR count). The Balaban J connectivity index is 1.98. The molecule has 1 amide bonds. The number of hydrogen-bond donors (Lipinski definition) is 2. The van der Waals surface area contributed by atoms with Crippen molar-refractivity contribution >= 4 is 23.2 Å². The Bertz CT molecular complexity index is 899. The molecule has 1 aromatic carbocycles. The molecule has 2 atom stereocenters. The van der Waals surface area contributed by atoms with Crippen LogP contribution in [-0.2, 0) is 4.79 Å². The maximum atomic E-state index is 13.1. The van der Waals surface area contributed by atoms with E-state index in [1.165, 1.54) is 35.1 Å². The summed E-state index contributed by atoms with van der Waals surface area (Å²) in [5.74, 6) is -0.835. The molecule has 0 saturated heterocycles. The van der Waals surface area contributed by atoms with Gasteiger partial charge in [0.1, 0.15) is 17.2 Å². The lowest BCUT2D eigenvalue weighted by molar-refractivity contribution is -0.123. The molecule has 2 aromatic rings. The zero-order chi connectivity index (χ0) is 18.9. The Morgan fingerprint density at radius 3 is 2.77 bits per heavy atom. The second kappa shape index (κ2) is 6.59. The highest BCUT2D eigenvalue weighted by molar-refractivity contribution is 5.98. The van der Waals surface area contributed by atoms with Crippen LogP contribution in [0.4, 0.5) is 15.9 Å². The summed E-state index contributed by atoms with van der Waals surface area (Å²) in [5, 5.41) is 16.9. The van der Waals surface area contributed by atoms with Gasteiger partial charge in [-0.3, -0.25) is 14.3 Å². The summed E-state index contributed by atoms with van der Waals surface area (Å²) in [5.41, 5.74) is 5.32. The fourth-order valence-corrected chi connectivity index (χ4v) is 3.12. The molecule has 26 heavy (non-hydrogen) atoms. The van der Waals surface area contributed by atoms with Gasteiger partial charge in [0, 0.05) is 24.7 Å². The van der Waals surface area contributed by atoms with Gasteiger partial charge in [0.25, 0.3) is 5.91 Å². The Morgan fingerprint density at radius 1 is 1.46 bits per heavy atom. The van der Waals surface area contributed by atoms with Crippen LogP contribution in [0.3, 0.4) is 0 Å². The van der Waals surface area contributed by atoms with E-state index in [9.17, 15) is 19.2 Å². The number of benzene rings is 1. The SMILES string of the molecule is CC1(C#N)CCC(=O)CC1n1cc(C(N)=O)c(Nc2ccc(F)cc2)n1. The second-order valence-electron chi connectivity index (χ2n) is 6.66. The number of amides is 1. The van der Waals surface area contributed by atoms with Crippen LogP contribution in [0.2, 0.25) is 0 Å². The fourth-order valence-electron chi connectivity index (χ4n) is 3.12. The van der Waals surface area contributed by atoms with Crippen molar-refractivity contribution in [2.24, 2.45) is 11.1 Å². The second-order valence-corrected chi connectivity index (χ2v) is 6.66. The molecule has 0 radical (unpaired) electrons. The van der Waals surface area contributed by atoms with Crippen LogP contribution in [0.25, 0.3) is 0 Å². The van der Waals surface area contributed by atoms with Crippen LogP contribution in [0.15, 0.2) is 30.5 Å². The largest absolute Gasteiger partial charge is 0.365 e. The molecule has 1 aromatic heterocycles. The van der Waals surface area contributed by atoms with Crippen molar-refractivity contribution in [2.75, 3.05) is 5.32 Å². The number of nitrogens with two attached hydrogens (primary N) is 1. The van der Waals surface area contributed by atoms with E-state index in [1.54, 1.807) is 6.92 Å². The molecule has 0 spiro atoms. The average molecular weight is 355 g/mol. The summed E-state index contributed by atoms with van der Waals surface area (Å²) >= 11 is 0. The number of aromatic nitrogens is 2. The molecule has 7 nitrogen and oxygen atoms in total. The van der Waals surface area contributed by atoms with Crippen molar-refractivity contribution in [3.8, 4) is 6.07 Å². The highest BCUT2D eigenvalue weighted by Crippen LogP contribution is 2.42. The number of nitrogens with zero attached hydrogens (tertiary/aromatic N) is 3. The number of nitrogens with one attached hydrogen (secondary N) is 1. The lowest BCUT2D eigenvalue weighted by Gasteiger charge is -2.35. The molecule has 8 heteroatoms. The minimum absolute atomic E-state index is 0.0480. The zero-order valence-electron chi connectivity index (χ0n) is 14.2. The summed E-state index contributed by atoms with van der Waals surface area (Å²) in [6.07, 6.45) is 2.40. The van der Waals surface area contributed by atoms with E-state index in [2.05, 4.69) is 16.5 Å². The molecule has 3 N–H and O–H groups in total. The number of carbonyl (C=O) groups excluding carboxylic acids is 2. The van der Waals surface area contributed by atoms with Crippen molar-refractivity contribution < 1.29 is 14.0 Å². The monoisotopic (exact) mass is 355 g/mol. The molecule has 134 valence electrons. The molecule has 1 heterocycles. The number of primary amides is 1. The predicted molar refractivity (Wildman–Crippen MR) is 92.0 cm³/mol. The molecule has 0 bridgehead atoms. The van der Waals surface area contributed by atoms with Crippen molar-refractivity contribution in [3.63, 3.8) is 0 Å². The van der Waals surface area contributed by atoms with Crippen LogP contribution in [0.1, 0.15) is 42.6 Å². The van der Waals surface area contributed by atoms with Gasteiger partial charge in [-0.25, -0.2) is 4.39 Å². The minimum atomic E-state index is -0.776. The van der Waals surface area contributed by atoms with Crippen molar-refractivity contribution in [3.05, 3.63) is 41.8 Å². The summed E-state index contributed by atoms with van der Waals surface area (Å²) in [6, 6.07) is 7.33. The highest BCUT2D eigenvalue weighted by atomic mass is 19.1. The lowest BCUT2D eigenvalue weighted by Crippen LogP contribution is -2.35. The van der Waals surface area contributed by atoms with Gasteiger partial charge in [0.05, 0.1) is 17.5 Å². The fraction of sp³-hybridized carbons (Fsp3) is 0.333. The van der Waals surface area contributed by atoms with Crippen molar-refractivity contribution in [1.29, 1.82) is 5.26 Å². The number of hydrogen-bond acceptors (Lipinski definition) is 5. The third-order valence-corrected chi connectivity index (χ3v) is 4.76. The quantitative estimate of drug-likeness (QED) is 0.875. The number of halogens is 1. The smallest absolute Gasteiger partial charge is 0.254 e. The molecule has 0 aliphatic heterocycles. The number of Topliss-reactive ketones (excluding diaryl/α,β-unsaturated/α-hetero) is 1. The van der Waals surface area contributed by atoms with Gasteiger partial charge in [0.2, 0.25) is 0 Å². The van der Waals surface area contributed by atoms with Crippen LogP contribution in [0, 0.1) is 22.6 Å². The van der Waals surface area contributed by atoms with Gasteiger partial charge in [-0.05, 0) is 37.6 Å². The van der Waals surface area contributed by atoms with Crippen molar-refractivity contribution in [1.82, 2.24) is 9.78 Å². The standard InChI is InChI=1S/C18H18FN5O2/c1-18(10-20)7-6-13(25)8-15(18)24-9-14(16(21)26)17(23-24)22-12-4-2-11(19)3-5-12/h2-5,9,15H,6-8H2,1H3,(H2,21,26)(H,22,23). The molecule has 2 unspecified atom stereocenters. The van der Waals surface area contributed by atoms with Crippen molar-refractivity contribution in [2.45, 2.75) is 32.2 Å². The molecule has 1 saturated carbocycles. The van der Waals surface area contributed by atoms with Gasteiger partial charge in [-0.1, -0.05) is 0 Å². The molecular formula is C18H18FN5O2. The first kappa shape index (κ1) is 17.6. The number of nitriles is 1. The van der Waals surface area contributed by atoms with Gasteiger partial charge >= 0.3 is 0 Å². The van der Waals surface area contributed by atoms with E-state index in [-0.39, 0.29) is 29.4 Å². The van der Waals surface area contributed by atoms with Crippen LogP contribution in [0.5, 0.6) is 0 Å². The van der Waals surface area contributed by atoms with E-state index >= 15 is 0 Å². The topological polar surface area (TPSA) is 114 Å². The van der Waals surface area contributed by atoms with E-state index in [4.69, 9.17) is 5.73 Å². The van der Waals surface area contributed by atoms with E-state index in [0.29, 0.717) is 18.5 Å². The summed E-state index contributed by atoms with van der Waals surface area (Å²) in [7, 11) is 0. The number of carbonyl (C=O) groups is 2. The summed E-state index contributed by atoms with van der Waals surface area (Å²) in [6.45, 7) is 1.78. The zero-order valence-corrected chi connectivity index (χ0v) is 14.2. The maximum Gasteiger partial charge on any atom is 0.254 e. The van der Waals surface area contributed by atoms with Crippen LogP contribution >= 0.6 is 0 Å². The average Bonchev–Trinajstić information content (AvgIpc) is 3.03. The van der Waals surface area contributed by atoms with Crippen LogP contribution < -0.4 is 11.1 Å². The Hall–Kier alpha value is -3.21. The van der Waals surface area contributed by atoms with E-state index in [0.717, 1.165) is 0 Å². The number of anilines is 2. The van der Waals surface area contributed by atoms with Gasteiger partial charge in [0.15, 0.2) is 5.82 Å². The van der Waals surface area contributed by atoms with E-state index < -0.39 is 17.4 Å². The number of rotatable bonds is 4. The highest BCUT2D eigenvalue weighted by Gasteiger charge is 2.42. The Labute approximate surface area is 149 Å². The van der Waals surface area contributed by atoms with Gasteiger partial charge in [-0.15, -0.1) is 0 Å². The first-order valence-electron chi connectivity index (χ1n) is 8.17. The Morgan fingerprint density at radius 2 is 2.15 bits per heavy atom. The summed E-state index contributed by atoms with van der Waals surface area (Å²) in [4.78, 5) is 23.7. The molecule has 1 aliphatic carbocycles. The molecule has 1 aliphatic rings. The number of ketones is 1. The molecular weight excluding hydrogens is 337 g/mol. The van der Waals surface area contributed by atoms with Crippen LogP contribution in [-0.4, -0.2) is 21.5 Å². The molecule has 1 fully saturated rings. The Kier molecular flexibility index (Phi) is 4.47. The predicted octanol–water partition coefficient (Wildman–Crippen LogP) is 2.69. The third-order valence-electron chi connectivity index (χ3n) is 4.76. The third kappa shape index (κ3) is 3.28.